The number of thioether (sulfide) groups is 1. The number of aliphatic hydroxyl groups excluding tert-OH is 1. The highest BCUT2D eigenvalue weighted by molar-refractivity contribution is 8.13. The SMILES string of the molecule is CCC(=O)OC1(C(=O)SCF)[C@@H](C)C[C@@H]2[C@@H]3CC(F)=C4CC(=O)C=C[C@]4(C)[C@]3(F)[C@@H](O)CC21C. The van der Waals surface area contributed by atoms with E-state index in [2.05, 4.69) is 0 Å². The summed E-state index contributed by atoms with van der Waals surface area (Å²) < 4.78 is 51.8. The van der Waals surface area contributed by atoms with Crippen molar-refractivity contribution in [1.82, 2.24) is 0 Å². The largest absolute Gasteiger partial charge is 0.449 e. The van der Waals surface area contributed by atoms with Crippen molar-refractivity contribution in [1.29, 1.82) is 0 Å². The maximum Gasteiger partial charge on any atom is 0.306 e. The molecule has 8 atom stereocenters. The Morgan fingerprint density at radius 3 is 2.59 bits per heavy atom. The summed E-state index contributed by atoms with van der Waals surface area (Å²) >= 11 is 0.396. The van der Waals surface area contributed by atoms with E-state index in [1.165, 1.54) is 19.1 Å². The molecule has 4 aliphatic carbocycles. The topological polar surface area (TPSA) is 80.7 Å². The van der Waals surface area contributed by atoms with E-state index >= 15 is 8.78 Å². The van der Waals surface area contributed by atoms with Gasteiger partial charge >= 0.3 is 5.97 Å². The molecule has 0 heterocycles. The number of fused-ring (bicyclic) bond motifs is 5. The van der Waals surface area contributed by atoms with Gasteiger partial charge in [-0.15, -0.1) is 0 Å². The second-order valence-electron chi connectivity index (χ2n) is 10.6. The fraction of sp³-hybridized carbons (Fsp3) is 0.720. The molecule has 4 rings (SSSR count). The number of hydrogen-bond donors (Lipinski definition) is 1. The Balaban J connectivity index is 1.89. The summed E-state index contributed by atoms with van der Waals surface area (Å²) in [5.74, 6) is -3.79. The molecule has 0 aliphatic heterocycles. The smallest absolute Gasteiger partial charge is 0.306 e. The number of halogens is 3. The van der Waals surface area contributed by atoms with Crippen molar-refractivity contribution in [3.63, 3.8) is 0 Å². The first kappa shape index (κ1) is 25.5. The number of allylic oxidation sites excluding steroid dienone is 4. The van der Waals surface area contributed by atoms with E-state index in [9.17, 15) is 23.9 Å². The average Bonchev–Trinajstić information content (AvgIpc) is 2.99. The Labute approximate surface area is 201 Å². The summed E-state index contributed by atoms with van der Waals surface area (Å²) in [4.78, 5) is 37.8. The Morgan fingerprint density at radius 1 is 1.29 bits per heavy atom. The maximum absolute atomic E-state index is 17.2. The van der Waals surface area contributed by atoms with Crippen LogP contribution in [0.2, 0.25) is 0 Å². The summed E-state index contributed by atoms with van der Waals surface area (Å²) in [6, 6.07) is -1.02. The Bertz CT molecular complexity index is 997. The van der Waals surface area contributed by atoms with Crippen LogP contribution in [0.5, 0.6) is 0 Å². The normalized spacial score (nSPS) is 45.5. The van der Waals surface area contributed by atoms with Gasteiger partial charge in [-0.3, -0.25) is 14.4 Å². The van der Waals surface area contributed by atoms with Gasteiger partial charge in [0.2, 0.25) is 5.12 Å². The summed E-state index contributed by atoms with van der Waals surface area (Å²) in [6.45, 7) is 6.46. The third-order valence-corrected chi connectivity index (χ3v) is 9.93. The van der Waals surface area contributed by atoms with E-state index in [1.54, 1.807) is 20.8 Å². The number of carbonyl (C=O) groups is 3. The predicted molar refractivity (Wildman–Crippen MR) is 121 cm³/mol. The van der Waals surface area contributed by atoms with Crippen molar-refractivity contribution in [3.8, 4) is 0 Å². The zero-order valence-electron chi connectivity index (χ0n) is 19.8. The highest BCUT2D eigenvalue weighted by Gasteiger charge is 2.77. The van der Waals surface area contributed by atoms with Gasteiger partial charge in [0.25, 0.3) is 0 Å². The van der Waals surface area contributed by atoms with Crippen LogP contribution in [0, 0.1) is 28.6 Å². The van der Waals surface area contributed by atoms with Crippen molar-refractivity contribution in [2.75, 3.05) is 6.01 Å². The van der Waals surface area contributed by atoms with Crippen LogP contribution in [0.15, 0.2) is 23.6 Å². The highest BCUT2D eigenvalue weighted by atomic mass is 32.2. The number of hydrogen-bond acceptors (Lipinski definition) is 6. The van der Waals surface area contributed by atoms with Gasteiger partial charge in [-0.2, -0.15) is 0 Å². The van der Waals surface area contributed by atoms with E-state index in [4.69, 9.17) is 4.74 Å². The molecule has 2 saturated carbocycles. The van der Waals surface area contributed by atoms with Gasteiger partial charge in [-0.05, 0) is 49.1 Å². The van der Waals surface area contributed by atoms with Crippen LogP contribution in [-0.4, -0.2) is 45.4 Å². The van der Waals surface area contributed by atoms with E-state index in [0.717, 1.165) is 0 Å². The molecule has 0 amide bonds. The molecule has 5 nitrogen and oxygen atoms in total. The second kappa shape index (κ2) is 8.22. The van der Waals surface area contributed by atoms with Gasteiger partial charge in [0.1, 0.15) is 11.8 Å². The summed E-state index contributed by atoms with van der Waals surface area (Å²) in [7, 11) is 0. The molecule has 2 fully saturated rings. The van der Waals surface area contributed by atoms with E-state index < -0.39 is 68.9 Å². The lowest BCUT2D eigenvalue weighted by atomic mass is 9.45. The standard InChI is InChI=1S/C25H31F3O5S/c1-5-20(31)33-25(21(32)34-12-26)13(2)8-15-16-10-18(27)17-9-14(29)6-7-22(17,3)24(16,28)19(30)11-23(15,25)4/h6-7,13,15-16,19,30H,5,8-12H2,1-4H3/t13-,15+,16-,19-,22-,23?,24+,25?/m0/s1. The summed E-state index contributed by atoms with van der Waals surface area (Å²) in [5.41, 5.74) is -6.77. The third-order valence-electron chi connectivity index (χ3n) is 9.25. The minimum atomic E-state index is -2.29. The van der Waals surface area contributed by atoms with Crippen LogP contribution in [0.25, 0.3) is 0 Å². The lowest BCUT2D eigenvalue weighted by molar-refractivity contribution is -0.223. The van der Waals surface area contributed by atoms with Crippen LogP contribution in [-0.2, 0) is 19.1 Å². The van der Waals surface area contributed by atoms with Crippen molar-refractivity contribution in [2.45, 2.75) is 77.2 Å². The number of ketones is 1. The minimum absolute atomic E-state index is 0.0144. The van der Waals surface area contributed by atoms with Crippen molar-refractivity contribution < 1.29 is 37.4 Å². The maximum atomic E-state index is 17.2. The Hall–Kier alpha value is -1.61. The fourth-order valence-electron chi connectivity index (χ4n) is 7.60. The first-order valence-electron chi connectivity index (χ1n) is 11.8. The van der Waals surface area contributed by atoms with Gasteiger partial charge in [0.05, 0.1) is 6.10 Å². The molecule has 0 bridgehead atoms. The van der Waals surface area contributed by atoms with Crippen molar-refractivity contribution in [3.05, 3.63) is 23.6 Å². The first-order valence-corrected chi connectivity index (χ1v) is 12.7. The molecule has 34 heavy (non-hydrogen) atoms. The van der Waals surface area contributed by atoms with E-state index in [0.29, 0.717) is 11.8 Å². The van der Waals surface area contributed by atoms with Gasteiger partial charge in [0.15, 0.2) is 17.1 Å². The van der Waals surface area contributed by atoms with Crippen LogP contribution in [0.3, 0.4) is 0 Å². The fourth-order valence-corrected chi connectivity index (χ4v) is 8.39. The summed E-state index contributed by atoms with van der Waals surface area (Å²) in [5, 5.41) is 10.7. The molecule has 0 aromatic heterocycles. The molecule has 0 aromatic rings. The quantitative estimate of drug-likeness (QED) is 0.560. The molecule has 9 heteroatoms. The van der Waals surface area contributed by atoms with E-state index in [1.807, 2.05) is 0 Å². The van der Waals surface area contributed by atoms with Gasteiger partial charge in [0, 0.05) is 41.9 Å². The number of rotatable bonds is 4. The zero-order valence-corrected chi connectivity index (χ0v) is 20.6. The first-order chi connectivity index (χ1) is 15.8. The molecule has 0 radical (unpaired) electrons. The lowest BCUT2D eigenvalue weighted by Gasteiger charge is -2.62. The highest BCUT2D eigenvalue weighted by Crippen LogP contribution is 2.72. The lowest BCUT2D eigenvalue weighted by Crippen LogP contribution is -2.69. The molecule has 4 aliphatic rings. The van der Waals surface area contributed by atoms with Gasteiger partial charge < -0.3 is 9.84 Å². The number of alkyl halides is 2. The minimum Gasteiger partial charge on any atom is -0.449 e. The molecular weight excluding hydrogens is 469 g/mol. The predicted octanol–water partition coefficient (Wildman–Crippen LogP) is 4.78. The number of aliphatic hydroxyl groups is 1. The molecule has 0 spiro atoms. The Morgan fingerprint density at radius 2 is 1.97 bits per heavy atom. The van der Waals surface area contributed by atoms with Crippen LogP contribution in [0.1, 0.15) is 59.8 Å². The van der Waals surface area contributed by atoms with Crippen LogP contribution >= 0.6 is 11.8 Å². The molecular formula is C25H31F3O5S. The summed E-state index contributed by atoms with van der Waals surface area (Å²) in [6.07, 6.45) is 0.414. The average molecular weight is 501 g/mol. The van der Waals surface area contributed by atoms with E-state index in [-0.39, 0.29) is 43.5 Å². The molecule has 0 aromatic carbocycles. The number of esters is 1. The number of ether oxygens (including phenoxy) is 1. The van der Waals surface area contributed by atoms with Gasteiger partial charge in [-0.1, -0.05) is 26.8 Å². The number of carbonyl (C=O) groups excluding carboxylic acids is 3. The molecule has 0 saturated heterocycles. The van der Waals surface area contributed by atoms with Crippen LogP contribution in [0.4, 0.5) is 13.2 Å². The van der Waals surface area contributed by atoms with Crippen molar-refractivity contribution >= 4 is 28.6 Å². The van der Waals surface area contributed by atoms with Crippen molar-refractivity contribution in [2.24, 2.45) is 28.6 Å². The van der Waals surface area contributed by atoms with Crippen LogP contribution < -0.4 is 0 Å². The van der Waals surface area contributed by atoms with Gasteiger partial charge in [-0.25, -0.2) is 13.2 Å². The third kappa shape index (κ3) is 3.01. The monoisotopic (exact) mass is 500 g/mol. The molecule has 1 N–H and O–H groups in total. The zero-order chi connectivity index (χ0) is 25.3. The molecule has 2 unspecified atom stereocenters. The second-order valence-corrected chi connectivity index (χ2v) is 11.5. The molecule has 188 valence electrons. The Kier molecular flexibility index (Phi) is 6.16.